The van der Waals surface area contributed by atoms with Crippen LogP contribution in [0, 0.1) is 5.41 Å². The van der Waals surface area contributed by atoms with Gasteiger partial charge in [0, 0.05) is 0 Å². The van der Waals surface area contributed by atoms with E-state index in [1.807, 2.05) is 20.8 Å². The zero-order valence-electron chi connectivity index (χ0n) is 11.3. The Morgan fingerprint density at radius 2 is 1.61 bits per heavy atom. The van der Waals surface area contributed by atoms with Crippen molar-refractivity contribution in [2.24, 2.45) is 5.41 Å². The Bertz CT molecular complexity index is 237. The summed E-state index contributed by atoms with van der Waals surface area (Å²) in [4.78, 5) is 12.1. The molecule has 0 atom stereocenters. The van der Waals surface area contributed by atoms with E-state index in [0.717, 1.165) is 25.7 Å². The monoisotopic (exact) mass is 258 g/mol. The summed E-state index contributed by atoms with van der Waals surface area (Å²) in [6.07, 6.45) is 7.59. The van der Waals surface area contributed by atoms with Gasteiger partial charge in [-0.2, -0.15) is 0 Å². The second-order valence-corrected chi connectivity index (χ2v) is 5.72. The smallest absolute Gasteiger partial charge is 0.312 e. The highest BCUT2D eigenvalue weighted by atomic mass is 16.6. The minimum Gasteiger partial charge on any atom is -0.459 e. The van der Waals surface area contributed by atoms with Crippen molar-refractivity contribution in [3.05, 3.63) is 0 Å². The van der Waals surface area contributed by atoms with Crippen LogP contribution in [0.15, 0.2) is 0 Å². The Labute approximate surface area is 114 Å². The van der Waals surface area contributed by atoms with Crippen LogP contribution in [0.2, 0.25) is 0 Å². The first kappa shape index (κ1) is 19.8. The topological polar surface area (TPSA) is 26.3 Å². The molecule has 0 amide bonds. The van der Waals surface area contributed by atoms with Gasteiger partial charge in [0.1, 0.15) is 5.60 Å². The van der Waals surface area contributed by atoms with E-state index in [1.165, 1.54) is 19.3 Å². The van der Waals surface area contributed by atoms with Crippen molar-refractivity contribution >= 4 is 5.97 Å². The van der Waals surface area contributed by atoms with Crippen LogP contribution >= 0.6 is 0 Å². The van der Waals surface area contributed by atoms with Crippen molar-refractivity contribution < 1.29 is 9.53 Å². The third-order valence-electron chi connectivity index (χ3n) is 4.15. The summed E-state index contributed by atoms with van der Waals surface area (Å²) in [5.41, 5.74) is -0.485. The zero-order valence-corrected chi connectivity index (χ0v) is 11.3. The number of hydrogen-bond acceptors (Lipinski definition) is 2. The standard InChI is InChI=1S/C14H26O2.2CH4/c1-5-13(3,4)12(15)16-14(6-2)10-8-7-9-11-14;;/h5-11H2,1-4H3;2*1H4. The van der Waals surface area contributed by atoms with Crippen LogP contribution in [0.5, 0.6) is 0 Å². The van der Waals surface area contributed by atoms with Crippen molar-refractivity contribution in [2.45, 2.75) is 93.1 Å². The van der Waals surface area contributed by atoms with Gasteiger partial charge in [0.2, 0.25) is 0 Å². The highest BCUT2D eigenvalue weighted by Crippen LogP contribution is 2.36. The summed E-state index contributed by atoms with van der Waals surface area (Å²) < 4.78 is 5.84. The first-order valence-electron chi connectivity index (χ1n) is 6.69. The summed E-state index contributed by atoms with van der Waals surface area (Å²) in [5.74, 6) is -0.0150. The molecule has 0 aromatic rings. The minimum atomic E-state index is -0.334. The molecular formula is C16H34O2. The van der Waals surface area contributed by atoms with Crippen LogP contribution in [-0.4, -0.2) is 11.6 Å². The molecule has 0 spiro atoms. The fourth-order valence-corrected chi connectivity index (χ4v) is 2.20. The fraction of sp³-hybridized carbons (Fsp3) is 0.938. The van der Waals surface area contributed by atoms with Gasteiger partial charge in [-0.15, -0.1) is 0 Å². The van der Waals surface area contributed by atoms with Crippen molar-refractivity contribution in [2.75, 3.05) is 0 Å². The third kappa shape index (κ3) is 4.62. The lowest BCUT2D eigenvalue weighted by atomic mass is 9.82. The van der Waals surface area contributed by atoms with E-state index in [1.54, 1.807) is 0 Å². The Morgan fingerprint density at radius 3 is 2.00 bits per heavy atom. The second kappa shape index (κ2) is 7.81. The number of carbonyl (C=O) groups excluding carboxylic acids is 1. The van der Waals surface area contributed by atoms with E-state index >= 15 is 0 Å². The molecule has 1 rings (SSSR count). The van der Waals surface area contributed by atoms with Crippen LogP contribution in [0.3, 0.4) is 0 Å². The molecule has 0 N–H and O–H groups in total. The lowest BCUT2D eigenvalue weighted by molar-refractivity contribution is -0.174. The maximum absolute atomic E-state index is 12.1. The second-order valence-electron chi connectivity index (χ2n) is 5.72. The maximum Gasteiger partial charge on any atom is 0.312 e. The number of esters is 1. The molecule has 0 saturated heterocycles. The molecule has 1 fully saturated rings. The largest absolute Gasteiger partial charge is 0.459 e. The average molecular weight is 258 g/mol. The Morgan fingerprint density at radius 1 is 1.11 bits per heavy atom. The molecule has 0 aromatic carbocycles. The van der Waals surface area contributed by atoms with Crippen molar-refractivity contribution in [3.8, 4) is 0 Å². The van der Waals surface area contributed by atoms with E-state index < -0.39 is 0 Å². The predicted molar refractivity (Wildman–Crippen MR) is 79.7 cm³/mol. The zero-order chi connectivity index (χ0) is 12.2. The van der Waals surface area contributed by atoms with E-state index in [4.69, 9.17) is 4.74 Å². The van der Waals surface area contributed by atoms with E-state index in [-0.39, 0.29) is 31.8 Å². The molecule has 1 aliphatic rings. The van der Waals surface area contributed by atoms with Gasteiger partial charge in [0.05, 0.1) is 5.41 Å². The molecular weight excluding hydrogens is 224 g/mol. The van der Waals surface area contributed by atoms with Gasteiger partial charge in [-0.25, -0.2) is 0 Å². The maximum atomic E-state index is 12.1. The molecule has 0 heterocycles. The summed E-state index contributed by atoms with van der Waals surface area (Å²) in [5, 5.41) is 0. The van der Waals surface area contributed by atoms with Crippen LogP contribution in [-0.2, 0) is 9.53 Å². The van der Waals surface area contributed by atoms with Gasteiger partial charge in [-0.05, 0) is 52.4 Å². The lowest BCUT2D eigenvalue weighted by Gasteiger charge is -2.38. The molecule has 0 radical (unpaired) electrons. The molecule has 0 aromatic heterocycles. The highest BCUT2D eigenvalue weighted by molar-refractivity contribution is 5.76. The first-order valence-corrected chi connectivity index (χ1v) is 6.69. The molecule has 18 heavy (non-hydrogen) atoms. The van der Waals surface area contributed by atoms with Gasteiger partial charge >= 0.3 is 5.97 Å². The Balaban J connectivity index is 0. The molecule has 1 aliphatic carbocycles. The molecule has 2 nitrogen and oxygen atoms in total. The number of rotatable bonds is 4. The normalized spacial score (nSPS) is 18.2. The van der Waals surface area contributed by atoms with Crippen molar-refractivity contribution in [1.82, 2.24) is 0 Å². The van der Waals surface area contributed by atoms with E-state index in [9.17, 15) is 4.79 Å². The van der Waals surface area contributed by atoms with E-state index in [2.05, 4.69) is 6.92 Å². The molecule has 1 saturated carbocycles. The summed E-state index contributed by atoms with van der Waals surface area (Å²) in [6, 6.07) is 0. The predicted octanol–water partition coefficient (Wildman–Crippen LogP) is 5.35. The summed E-state index contributed by atoms with van der Waals surface area (Å²) >= 11 is 0. The number of hydrogen-bond donors (Lipinski definition) is 0. The third-order valence-corrected chi connectivity index (χ3v) is 4.15. The number of ether oxygens (including phenoxy) is 1. The van der Waals surface area contributed by atoms with Gasteiger partial charge in [0.25, 0.3) is 0 Å². The summed E-state index contributed by atoms with van der Waals surface area (Å²) in [7, 11) is 0. The summed E-state index contributed by atoms with van der Waals surface area (Å²) in [6.45, 7) is 8.13. The molecule has 2 heteroatoms. The van der Waals surface area contributed by atoms with Gasteiger partial charge < -0.3 is 4.74 Å². The van der Waals surface area contributed by atoms with Gasteiger partial charge in [0.15, 0.2) is 0 Å². The molecule has 0 bridgehead atoms. The average Bonchev–Trinajstić information content (AvgIpc) is 2.30. The quantitative estimate of drug-likeness (QED) is 0.635. The number of carbonyl (C=O) groups is 1. The lowest BCUT2D eigenvalue weighted by Crippen LogP contribution is -2.40. The minimum absolute atomic E-state index is 0. The highest BCUT2D eigenvalue weighted by Gasteiger charge is 2.38. The molecule has 0 unspecified atom stereocenters. The van der Waals surface area contributed by atoms with Gasteiger partial charge in [-0.1, -0.05) is 35.1 Å². The van der Waals surface area contributed by atoms with Crippen LogP contribution < -0.4 is 0 Å². The first-order chi connectivity index (χ1) is 7.46. The molecule has 0 aliphatic heterocycles. The Kier molecular flexibility index (Phi) is 8.59. The van der Waals surface area contributed by atoms with E-state index in [0.29, 0.717) is 0 Å². The van der Waals surface area contributed by atoms with Crippen LogP contribution in [0.1, 0.15) is 87.5 Å². The van der Waals surface area contributed by atoms with Gasteiger partial charge in [-0.3, -0.25) is 4.79 Å². The fourth-order valence-electron chi connectivity index (χ4n) is 2.20. The van der Waals surface area contributed by atoms with Crippen LogP contribution in [0.4, 0.5) is 0 Å². The Hall–Kier alpha value is -0.530. The SMILES string of the molecule is C.C.CCC1(OC(=O)C(C)(C)CC)CCCCC1. The molecule has 110 valence electrons. The van der Waals surface area contributed by atoms with Crippen molar-refractivity contribution in [3.63, 3.8) is 0 Å². The van der Waals surface area contributed by atoms with Crippen LogP contribution in [0.25, 0.3) is 0 Å². The van der Waals surface area contributed by atoms with Crippen molar-refractivity contribution in [1.29, 1.82) is 0 Å².